The van der Waals surface area contributed by atoms with Crippen molar-refractivity contribution < 1.29 is 24.2 Å². The maximum atomic E-state index is 12.3. The molecule has 0 saturated carbocycles. The van der Waals surface area contributed by atoms with E-state index in [2.05, 4.69) is 5.32 Å². The predicted molar refractivity (Wildman–Crippen MR) is 115 cm³/mol. The summed E-state index contributed by atoms with van der Waals surface area (Å²) < 4.78 is 10.4. The first kappa shape index (κ1) is 23.1. The third kappa shape index (κ3) is 5.24. The van der Waals surface area contributed by atoms with Crippen LogP contribution < -0.4 is 10.1 Å². The van der Waals surface area contributed by atoms with Gasteiger partial charge in [-0.1, -0.05) is 13.0 Å². The van der Waals surface area contributed by atoms with Gasteiger partial charge in [0.1, 0.15) is 5.75 Å². The lowest BCUT2D eigenvalue weighted by molar-refractivity contribution is -0.145. The molecule has 8 heteroatoms. The number of nitrogens with one attached hydrogen (secondary N) is 1. The molecule has 0 fully saturated rings. The van der Waals surface area contributed by atoms with E-state index in [1.54, 1.807) is 56.3 Å². The summed E-state index contributed by atoms with van der Waals surface area (Å²) in [6, 6.07) is 13.7. The van der Waals surface area contributed by atoms with Crippen LogP contribution in [-0.2, 0) is 19.9 Å². The summed E-state index contributed by atoms with van der Waals surface area (Å²) in [7, 11) is 0. The van der Waals surface area contributed by atoms with Crippen LogP contribution in [0.25, 0.3) is 0 Å². The average molecular weight is 429 g/mol. The van der Waals surface area contributed by atoms with Gasteiger partial charge in [0.05, 0.1) is 18.2 Å². The zero-order valence-corrected chi connectivity index (χ0v) is 17.9. The molecule has 0 saturated heterocycles. The SMILES string of the molecule is CCOC(=O)COc1ccc(C(CC)(Nc2ccc(C#N)cc2)C(=O)O)cc1SC. The van der Waals surface area contributed by atoms with Gasteiger partial charge in [-0.05, 0) is 61.6 Å². The summed E-state index contributed by atoms with van der Waals surface area (Å²) >= 11 is 1.39. The van der Waals surface area contributed by atoms with Gasteiger partial charge in [0.2, 0.25) is 0 Å². The second-order valence-corrected chi connectivity index (χ2v) is 7.19. The molecular weight excluding hydrogens is 404 g/mol. The van der Waals surface area contributed by atoms with Crippen LogP contribution in [0.2, 0.25) is 0 Å². The molecule has 7 nitrogen and oxygen atoms in total. The van der Waals surface area contributed by atoms with Gasteiger partial charge in [-0.15, -0.1) is 11.8 Å². The molecule has 0 aliphatic carbocycles. The third-order valence-corrected chi connectivity index (χ3v) is 5.33. The van der Waals surface area contributed by atoms with Crippen LogP contribution >= 0.6 is 11.8 Å². The number of benzene rings is 2. The molecule has 1 atom stereocenters. The van der Waals surface area contributed by atoms with Gasteiger partial charge in [0.15, 0.2) is 12.1 Å². The molecule has 0 amide bonds. The summed E-state index contributed by atoms with van der Waals surface area (Å²) in [4.78, 5) is 24.6. The molecule has 158 valence electrons. The van der Waals surface area contributed by atoms with Gasteiger partial charge in [0.25, 0.3) is 0 Å². The number of carboxylic acids is 1. The van der Waals surface area contributed by atoms with E-state index < -0.39 is 17.5 Å². The zero-order chi connectivity index (χ0) is 22.1. The van der Waals surface area contributed by atoms with Gasteiger partial charge < -0.3 is 19.9 Å². The molecule has 2 aromatic carbocycles. The van der Waals surface area contributed by atoms with Crippen molar-refractivity contribution in [2.45, 2.75) is 30.7 Å². The van der Waals surface area contributed by atoms with Crippen molar-refractivity contribution >= 4 is 29.4 Å². The fourth-order valence-electron chi connectivity index (χ4n) is 2.96. The molecule has 1 unspecified atom stereocenters. The minimum atomic E-state index is -1.38. The smallest absolute Gasteiger partial charge is 0.344 e. The standard InChI is InChI=1S/C22H24N2O5S/c1-4-22(21(26)27,24-17-9-6-15(13-23)7-10-17)16-8-11-18(19(12-16)30-3)29-14-20(25)28-5-2/h6-12,24H,4-5,14H2,1-3H3,(H,26,27). The normalized spacial score (nSPS) is 12.3. The van der Waals surface area contributed by atoms with Crippen molar-refractivity contribution in [3.8, 4) is 11.8 Å². The van der Waals surface area contributed by atoms with Gasteiger partial charge in [-0.25, -0.2) is 9.59 Å². The molecule has 0 aromatic heterocycles. The lowest BCUT2D eigenvalue weighted by atomic mass is 9.86. The highest BCUT2D eigenvalue weighted by molar-refractivity contribution is 7.98. The van der Waals surface area contributed by atoms with E-state index in [9.17, 15) is 14.7 Å². The van der Waals surface area contributed by atoms with E-state index in [0.29, 0.717) is 27.5 Å². The molecule has 0 aliphatic heterocycles. The van der Waals surface area contributed by atoms with Gasteiger partial charge in [-0.3, -0.25) is 0 Å². The van der Waals surface area contributed by atoms with Crippen LogP contribution in [-0.4, -0.2) is 36.5 Å². The fraction of sp³-hybridized carbons (Fsp3) is 0.318. The lowest BCUT2D eigenvalue weighted by Crippen LogP contribution is -2.43. The summed E-state index contributed by atoms with van der Waals surface area (Å²) in [5.41, 5.74) is 0.255. The third-order valence-electron chi connectivity index (χ3n) is 4.57. The summed E-state index contributed by atoms with van der Waals surface area (Å²) in [5.74, 6) is -1.01. The Labute approximate surface area is 180 Å². The molecule has 0 radical (unpaired) electrons. The molecule has 0 bridgehead atoms. The number of thioether (sulfide) groups is 1. The largest absolute Gasteiger partial charge is 0.481 e. The van der Waals surface area contributed by atoms with E-state index in [0.717, 1.165) is 0 Å². The van der Waals surface area contributed by atoms with Crippen molar-refractivity contribution in [1.82, 2.24) is 0 Å². The van der Waals surface area contributed by atoms with Crippen molar-refractivity contribution in [2.24, 2.45) is 0 Å². The number of rotatable bonds is 10. The van der Waals surface area contributed by atoms with Crippen LogP contribution in [0.1, 0.15) is 31.4 Å². The summed E-state index contributed by atoms with van der Waals surface area (Å²) in [6.45, 7) is 3.56. The van der Waals surface area contributed by atoms with E-state index in [1.807, 2.05) is 12.3 Å². The molecule has 30 heavy (non-hydrogen) atoms. The molecule has 2 aromatic rings. The van der Waals surface area contributed by atoms with Crippen molar-refractivity contribution in [3.05, 3.63) is 53.6 Å². The van der Waals surface area contributed by atoms with E-state index in [4.69, 9.17) is 14.7 Å². The Morgan fingerprint density at radius 1 is 1.20 bits per heavy atom. The first-order valence-corrected chi connectivity index (χ1v) is 10.6. The summed E-state index contributed by atoms with van der Waals surface area (Å²) in [5, 5.41) is 22.2. The Hall–Kier alpha value is -3.18. The first-order chi connectivity index (χ1) is 14.4. The Kier molecular flexibility index (Phi) is 8.13. The Morgan fingerprint density at radius 3 is 2.43 bits per heavy atom. The fourth-order valence-corrected chi connectivity index (χ4v) is 3.53. The molecular formula is C22H24N2O5S. The highest BCUT2D eigenvalue weighted by atomic mass is 32.2. The molecule has 0 aliphatic rings. The van der Waals surface area contributed by atoms with Crippen LogP contribution in [0.5, 0.6) is 5.75 Å². The number of esters is 1. The van der Waals surface area contributed by atoms with Crippen molar-refractivity contribution in [2.75, 3.05) is 24.8 Å². The second-order valence-electron chi connectivity index (χ2n) is 6.34. The number of aliphatic carboxylic acids is 1. The van der Waals surface area contributed by atoms with Crippen molar-refractivity contribution in [1.29, 1.82) is 5.26 Å². The van der Waals surface area contributed by atoms with E-state index in [-0.39, 0.29) is 19.6 Å². The Balaban J connectivity index is 2.37. The molecule has 0 heterocycles. The minimum absolute atomic E-state index is 0.220. The molecule has 2 rings (SSSR count). The number of ether oxygens (including phenoxy) is 2. The van der Waals surface area contributed by atoms with Gasteiger partial charge >= 0.3 is 11.9 Å². The number of carboxylic acid groups (broad SMARTS) is 1. The number of hydrogen-bond acceptors (Lipinski definition) is 7. The number of nitrogens with zero attached hydrogens (tertiary/aromatic N) is 1. The van der Waals surface area contributed by atoms with Crippen LogP contribution in [0, 0.1) is 11.3 Å². The maximum absolute atomic E-state index is 12.3. The van der Waals surface area contributed by atoms with Crippen LogP contribution in [0.3, 0.4) is 0 Å². The van der Waals surface area contributed by atoms with Gasteiger partial charge in [-0.2, -0.15) is 5.26 Å². The number of hydrogen-bond donors (Lipinski definition) is 2. The van der Waals surface area contributed by atoms with Gasteiger partial charge in [0, 0.05) is 10.6 Å². The number of nitriles is 1. The predicted octanol–water partition coefficient (Wildman–Crippen LogP) is 4.02. The van der Waals surface area contributed by atoms with Crippen LogP contribution in [0.4, 0.5) is 5.69 Å². The number of anilines is 1. The maximum Gasteiger partial charge on any atom is 0.344 e. The Bertz CT molecular complexity index is 940. The zero-order valence-electron chi connectivity index (χ0n) is 17.1. The number of carbonyl (C=O) groups excluding carboxylic acids is 1. The summed E-state index contributed by atoms with van der Waals surface area (Å²) in [6.07, 6.45) is 2.12. The first-order valence-electron chi connectivity index (χ1n) is 9.38. The van der Waals surface area contributed by atoms with Crippen LogP contribution in [0.15, 0.2) is 47.4 Å². The quantitative estimate of drug-likeness (QED) is 0.431. The minimum Gasteiger partial charge on any atom is -0.481 e. The number of carbonyl (C=O) groups is 2. The highest BCUT2D eigenvalue weighted by Crippen LogP contribution is 2.36. The van der Waals surface area contributed by atoms with Crippen molar-refractivity contribution in [3.63, 3.8) is 0 Å². The molecule has 0 spiro atoms. The van der Waals surface area contributed by atoms with E-state index in [1.165, 1.54) is 11.8 Å². The highest BCUT2D eigenvalue weighted by Gasteiger charge is 2.39. The second kappa shape index (κ2) is 10.6. The van der Waals surface area contributed by atoms with E-state index >= 15 is 0 Å². The molecule has 2 N–H and O–H groups in total. The Morgan fingerprint density at radius 2 is 1.90 bits per heavy atom. The monoisotopic (exact) mass is 428 g/mol. The average Bonchev–Trinajstić information content (AvgIpc) is 2.76. The lowest BCUT2D eigenvalue weighted by Gasteiger charge is -2.31. The topological polar surface area (TPSA) is 109 Å².